The van der Waals surface area contributed by atoms with Crippen molar-refractivity contribution < 1.29 is 8.42 Å². The summed E-state index contributed by atoms with van der Waals surface area (Å²) >= 11 is 0. The molecule has 1 aromatic heterocycles. The van der Waals surface area contributed by atoms with Gasteiger partial charge in [0.05, 0.1) is 11.4 Å². The molecule has 0 aliphatic carbocycles. The lowest BCUT2D eigenvalue weighted by molar-refractivity contribution is 0.601. The number of guanidine groups is 1. The van der Waals surface area contributed by atoms with Crippen LogP contribution in [0.3, 0.4) is 0 Å². The van der Waals surface area contributed by atoms with E-state index in [2.05, 4.69) is 45.7 Å². The minimum Gasteiger partial charge on any atom is -0.358 e. The second-order valence-corrected chi connectivity index (χ2v) is 9.50. The summed E-state index contributed by atoms with van der Waals surface area (Å²) in [5.41, 5.74) is 5.41. The standard InChI is InChI=1S/C23H30N4O2S.HI/c1-5-24-23(26-15-18-10-11-22(16(2)14-18)30(4,28)29)25-13-12-19-17(3)27-21-9-7-6-8-20(19)21;/h6-11,14,27H,5,12-13,15H2,1-4H3,(H2,24,25,26);1H. The minimum atomic E-state index is -3.21. The number of aryl methyl sites for hydroxylation is 2. The van der Waals surface area contributed by atoms with E-state index in [9.17, 15) is 8.42 Å². The molecule has 6 nitrogen and oxygen atoms in total. The number of rotatable bonds is 7. The summed E-state index contributed by atoms with van der Waals surface area (Å²) in [5, 5.41) is 7.93. The number of nitrogens with one attached hydrogen (secondary N) is 3. The zero-order valence-electron chi connectivity index (χ0n) is 18.5. The molecule has 0 saturated carbocycles. The molecule has 0 bridgehead atoms. The van der Waals surface area contributed by atoms with Gasteiger partial charge in [-0.05, 0) is 56.0 Å². The van der Waals surface area contributed by atoms with E-state index >= 15 is 0 Å². The maximum atomic E-state index is 11.8. The molecule has 0 saturated heterocycles. The summed E-state index contributed by atoms with van der Waals surface area (Å²) in [5.74, 6) is 0.750. The van der Waals surface area contributed by atoms with Crippen molar-refractivity contribution in [3.8, 4) is 0 Å². The Morgan fingerprint density at radius 1 is 1.10 bits per heavy atom. The summed E-state index contributed by atoms with van der Waals surface area (Å²) < 4.78 is 23.6. The van der Waals surface area contributed by atoms with E-state index in [1.54, 1.807) is 6.07 Å². The first-order valence-electron chi connectivity index (χ1n) is 10.2. The molecule has 1 heterocycles. The van der Waals surface area contributed by atoms with Crippen molar-refractivity contribution in [2.24, 2.45) is 4.99 Å². The van der Waals surface area contributed by atoms with Crippen LogP contribution in [-0.4, -0.2) is 38.7 Å². The van der Waals surface area contributed by atoms with Gasteiger partial charge in [-0.2, -0.15) is 0 Å². The van der Waals surface area contributed by atoms with Crippen LogP contribution in [0.4, 0.5) is 0 Å². The van der Waals surface area contributed by atoms with Crippen LogP contribution in [0.15, 0.2) is 52.4 Å². The smallest absolute Gasteiger partial charge is 0.191 e. The fraction of sp³-hybridized carbons (Fsp3) is 0.348. The monoisotopic (exact) mass is 554 g/mol. The fourth-order valence-electron chi connectivity index (χ4n) is 3.70. The third-order valence-corrected chi connectivity index (χ3v) is 6.35. The first-order chi connectivity index (χ1) is 14.3. The van der Waals surface area contributed by atoms with E-state index in [1.165, 1.54) is 28.4 Å². The zero-order valence-corrected chi connectivity index (χ0v) is 21.6. The highest BCUT2D eigenvalue weighted by molar-refractivity contribution is 14.0. The first-order valence-corrected chi connectivity index (χ1v) is 12.1. The number of aromatic nitrogens is 1. The van der Waals surface area contributed by atoms with E-state index in [4.69, 9.17) is 0 Å². The average molecular weight is 554 g/mol. The number of aliphatic imine (C=N–C) groups is 1. The highest BCUT2D eigenvalue weighted by Crippen LogP contribution is 2.22. The molecular formula is C23H31IN4O2S. The summed E-state index contributed by atoms with van der Waals surface area (Å²) in [4.78, 5) is 8.47. The Morgan fingerprint density at radius 3 is 2.52 bits per heavy atom. The fourth-order valence-corrected chi connectivity index (χ4v) is 4.66. The second kappa shape index (κ2) is 11.0. The van der Waals surface area contributed by atoms with Gasteiger partial charge in [0.15, 0.2) is 15.8 Å². The topological polar surface area (TPSA) is 86.3 Å². The molecule has 0 amide bonds. The Balaban J connectivity index is 0.00000341. The van der Waals surface area contributed by atoms with Crippen LogP contribution >= 0.6 is 24.0 Å². The largest absolute Gasteiger partial charge is 0.358 e. The van der Waals surface area contributed by atoms with Crippen molar-refractivity contribution in [3.63, 3.8) is 0 Å². The molecule has 3 aromatic rings. The van der Waals surface area contributed by atoms with Crippen LogP contribution in [-0.2, 0) is 22.8 Å². The zero-order chi connectivity index (χ0) is 21.7. The molecule has 0 unspecified atom stereocenters. The maximum Gasteiger partial charge on any atom is 0.191 e. The number of sulfone groups is 1. The predicted molar refractivity (Wildman–Crippen MR) is 139 cm³/mol. The van der Waals surface area contributed by atoms with Crippen LogP contribution in [0.25, 0.3) is 10.9 Å². The highest BCUT2D eigenvalue weighted by atomic mass is 127. The summed E-state index contributed by atoms with van der Waals surface area (Å²) in [6, 6.07) is 13.7. The molecule has 168 valence electrons. The number of hydrogen-bond acceptors (Lipinski definition) is 3. The van der Waals surface area contributed by atoms with Gasteiger partial charge in [0.25, 0.3) is 0 Å². The van der Waals surface area contributed by atoms with Gasteiger partial charge in [-0.25, -0.2) is 13.4 Å². The van der Waals surface area contributed by atoms with Crippen LogP contribution < -0.4 is 10.6 Å². The summed E-state index contributed by atoms with van der Waals surface area (Å²) in [6.45, 7) is 7.97. The van der Waals surface area contributed by atoms with Crippen molar-refractivity contribution in [1.29, 1.82) is 0 Å². The highest BCUT2D eigenvalue weighted by Gasteiger charge is 2.11. The Bertz CT molecular complexity index is 1170. The van der Waals surface area contributed by atoms with E-state index < -0.39 is 9.84 Å². The third-order valence-electron chi connectivity index (χ3n) is 5.10. The number of nitrogens with zero attached hydrogens (tertiary/aromatic N) is 1. The lowest BCUT2D eigenvalue weighted by atomic mass is 10.1. The number of aromatic amines is 1. The number of benzene rings is 2. The van der Waals surface area contributed by atoms with Crippen molar-refractivity contribution >= 4 is 50.7 Å². The van der Waals surface area contributed by atoms with E-state index in [0.29, 0.717) is 11.4 Å². The summed E-state index contributed by atoms with van der Waals surface area (Å²) in [6.07, 6.45) is 2.12. The lowest BCUT2D eigenvalue weighted by Crippen LogP contribution is -2.38. The van der Waals surface area contributed by atoms with Crippen LogP contribution in [0.1, 0.15) is 29.3 Å². The van der Waals surface area contributed by atoms with Gasteiger partial charge in [-0.1, -0.05) is 30.3 Å². The number of halogens is 1. The molecule has 8 heteroatoms. The van der Waals surface area contributed by atoms with Gasteiger partial charge in [-0.15, -0.1) is 24.0 Å². The molecule has 0 spiro atoms. The maximum absolute atomic E-state index is 11.8. The molecule has 0 fully saturated rings. The van der Waals surface area contributed by atoms with Crippen LogP contribution in [0.5, 0.6) is 0 Å². The Kier molecular flexibility index (Phi) is 8.93. The molecule has 2 aromatic carbocycles. The quantitative estimate of drug-likeness (QED) is 0.233. The first kappa shape index (κ1) is 25.2. The van der Waals surface area contributed by atoms with Crippen molar-refractivity contribution in [1.82, 2.24) is 15.6 Å². The third kappa shape index (κ3) is 6.46. The molecule has 0 aliphatic heterocycles. The Morgan fingerprint density at radius 2 is 1.84 bits per heavy atom. The van der Waals surface area contributed by atoms with Gasteiger partial charge in [0, 0.05) is 35.9 Å². The lowest BCUT2D eigenvalue weighted by Gasteiger charge is -2.12. The van der Waals surface area contributed by atoms with E-state index in [-0.39, 0.29) is 24.0 Å². The molecule has 3 rings (SSSR count). The van der Waals surface area contributed by atoms with Gasteiger partial charge in [-0.3, -0.25) is 0 Å². The summed E-state index contributed by atoms with van der Waals surface area (Å²) in [7, 11) is -3.21. The van der Waals surface area contributed by atoms with Crippen molar-refractivity contribution in [3.05, 3.63) is 64.8 Å². The second-order valence-electron chi connectivity index (χ2n) is 7.52. The molecule has 0 radical (unpaired) electrons. The number of para-hydroxylation sites is 1. The molecule has 3 N–H and O–H groups in total. The molecule has 0 atom stereocenters. The minimum absolute atomic E-state index is 0. The number of hydrogen-bond donors (Lipinski definition) is 3. The van der Waals surface area contributed by atoms with Crippen molar-refractivity contribution in [2.75, 3.05) is 19.3 Å². The average Bonchev–Trinajstić information content (AvgIpc) is 3.00. The predicted octanol–water partition coefficient (Wildman–Crippen LogP) is 4.10. The van der Waals surface area contributed by atoms with Gasteiger partial charge in [0.2, 0.25) is 0 Å². The van der Waals surface area contributed by atoms with Crippen LogP contribution in [0.2, 0.25) is 0 Å². The molecule has 0 aliphatic rings. The van der Waals surface area contributed by atoms with Gasteiger partial charge >= 0.3 is 0 Å². The van der Waals surface area contributed by atoms with Crippen molar-refractivity contribution in [2.45, 2.75) is 38.6 Å². The SMILES string of the molecule is CCNC(=NCc1ccc(S(C)(=O)=O)c(C)c1)NCCc1c(C)[nH]c2ccccc12.I. The molecule has 31 heavy (non-hydrogen) atoms. The number of H-pyrrole nitrogens is 1. The van der Waals surface area contributed by atoms with E-state index in [0.717, 1.165) is 36.6 Å². The van der Waals surface area contributed by atoms with Gasteiger partial charge < -0.3 is 15.6 Å². The van der Waals surface area contributed by atoms with Gasteiger partial charge in [0.1, 0.15) is 0 Å². The Labute approximate surface area is 201 Å². The van der Waals surface area contributed by atoms with Crippen LogP contribution in [0, 0.1) is 13.8 Å². The Hall–Kier alpha value is -2.07. The number of fused-ring (bicyclic) bond motifs is 1. The molecular weight excluding hydrogens is 523 g/mol. The normalized spacial score (nSPS) is 11.9. The van der Waals surface area contributed by atoms with E-state index in [1.807, 2.05) is 32.0 Å².